The van der Waals surface area contributed by atoms with Crippen molar-refractivity contribution in [2.75, 3.05) is 38.2 Å². The Hall–Kier alpha value is -3.56. The molecule has 3 aromatic rings. The van der Waals surface area contributed by atoms with Crippen LogP contribution in [0.25, 0.3) is 11.3 Å². The minimum absolute atomic E-state index is 0.0121. The van der Waals surface area contributed by atoms with Crippen LogP contribution in [0, 0.1) is 0 Å². The second kappa shape index (κ2) is 8.34. The molecule has 3 heterocycles. The first-order chi connectivity index (χ1) is 16.3. The Bertz CT molecular complexity index is 1180. The summed E-state index contributed by atoms with van der Waals surface area (Å²) in [6.45, 7) is 1.91. The molecule has 34 heavy (non-hydrogen) atoms. The van der Waals surface area contributed by atoms with E-state index in [1.807, 2.05) is 35.2 Å². The third kappa shape index (κ3) is 4.08. The molecule has 2 aliphatic rings. The molecule has 0 N–H and O–H groups in total. The van der Waals surface area contributed by atoms with Gasteiger partial charge < -0.3 is 19.1 Å². The standard InChI is InChI=1S/C24H23F3N4O3/c1-33-18-4-2-3-16(13-18)19-14-20(29-34-19)23(7-8-23)22(32)31-11-9-30(10-12-31)21-6-5-17(15-28-21)24(25,26)27/h2-6,13-15H,7-12H2,1H3. The lowest BCUT2D eigenvalue weighted by atomic mass is 9.99. The van der Waals surface area contributed by atoms with Gasteiger partial charge in [-0.3, -0.25) is 4.79 Å². The molecule has 2 aromatic heterocycles. The summed E-state index contributed by atoms with van der Waals surface area (Å²) in [4.78, 5) is 21.0. The Kier molecular flexibility index (Phi) is 5.45. The topological polar surface area (TPSA) is 71.7 Å². The van der Waals surface area contributed by atoms with E-state index in [2.05, 4.69) is 10.1 Å². The SMILES string of the molecule is COc1cccc(-c2cc(C3(C(=O)N4CCN(c5ccc(C(F)(F)F)cn5)CC4)CC3)no2)c1. The first-order valence-electron chi connectivity index (χ1n) is 11.0. The van der Waals surface area contributed by atoms with Crippen LogP contribution in [0.4, 0.5) is 19.0 Å². The van der Waals surface area contributed by atoms with E-state index in [-0.39, 0.29) is 5.91 Å². The van der Waals surface area contributed by atoms with Gasteiger partial charge >= 0.3 is 6.18 Å². The second-order valence-corrected chi connectivity index (χ2v) is 8.57. The highest BCUT2D eigenvalue weighted by Crippen LogP contribution is 2.50. The van der Waals surface area contributed by atoms with E-state index in [4.69, 9.17) is 9.26 Å². The summed E-state index contributed by atoms with van der Waals surface area (Å²) in [7, 11) is 1.59. The minimum atomic E-state index is -4.41. The number of amides is 1. The summed E-state index contributed by atoms with van der Waals surface area (Å²) < 4.78 is 49.1. The lowest BCUT2D eigenvalue weighted by Crippen LogP contribution is -2.51. The first-order valence-corrected chi connectivity index (χ1v) is 11.0. The number of methoxy groups -OCH3 is 1. The second-order valence-electron chi connectivity index (χ2n) is 8.57. The third-order valence-electron chi connectivity index (χ3n) is 6.48. The maximum Gasteiger partial charge on any atom is 0.417 e. The van der Waals surface area contributed by atoms with Gasteiger partial charge in [0.05, 0.1) is 23.8 Å². The molecular weight excluding hydrogens is 449 g/mol. The summed E-state index contributed by atoms with van der Waals surface area (Å²) >= 11 is 0. The van der Waals surface area contributed by atoms with Crippen molar-refractivity contribution >= 4 is 11.7 Å². The molecule has 1 saturated carbocycles. The van der Waals surface area contributed by atoms with Gasteiger partial charge in [0.2, 0.25) is 5.91 Å². The van der Waals surface area contributed by atoms with Crippen molar-refractivity contribution in [3.63, 3.8) is 0 Å². The maximum absolute atomic E-state index is 13.4. The van der Waals surface area contributed by atoms with E-state index in [0.29, 0.717) is 62.0 Å². The number of anilines is 1. The van der Waals surface area contributed by atoms with Crippen molar-refractivity contribution < 1.29 is 27.2 Å². The summed E-state index contributed by atoms with van der Waals surface area (Å²) in [5, 5.41) is 4.21. The average molecular weight is 472 g/mol. The van der Waals surface area contributed by atoms with Gasteiger partial charge in [-0.25, -0.2) is 4.98 Å². The van der Waals surface area contributed by atoms with Gasteiger partial charge in [-0.05, 0) is 37.1 Å². The van der Waals surface area contributed by atoms with Crippen molar-refractivity contribution in [2.45, 2.75) is 24.4 Å². The van der Waals surface area contributed by atoms with Gasteiger partial charge in [0.25, 0.3) is 0 Å². The van der Waals surface area contributed by atoms with Crippen LogP contribution in [-0.2, 0) is 16.4 Å². The summed E-state index contributed by atoms with van der Waals surface area (Å²) in [5.41, 5.74) is -0.00195. The van der Waals surface area contributed by atoms with Crippen LogP contribution < -0.4 is 9.64 Å². The molecule has 0 unspecified atom stereocenters. The number of piperazine rings is 1. The van der Waals surface area contributed by atoms with Gasteiger partial charge in [-0.2, -0.15) is 13.2 Å². The molecule has 1 aromatic carbocycles. The molecule has 10 heteroatoms. The zero-order chi connectivity index (χ0) is 23.9. The minimum Gasteiger partial charge on any atom is -0.497 e. The lowest BCUT2D eigenvalue weighted by Gasteiger charge is -2.37. The number of nitrogens with zero attached hydrogens (tertiary/aromatic N) is 4. The quantitative estimate of drug-likeness (QED) is 0.556. The molecule has 7 nitrogen and oxygen atoms in total. The first kappa shape index (κ1) is 22.2. The van der Waals surface area contributed by atoms with Crippen molar-refractivity contribution in [1.29, 1.82) is 0 Å². The number of alkyl halides is 3. The van der Waals surface area contributed by atoms with Crippen molar-refractivity contribution in [2.24, 2.45) is 0 Å². The molecule has 178 valence electrons. The van der Waals surface area contributed by atoms with Crippen LogP contribution >= 0.6 is 0 Å². The van der Waals surface area contributed by atoms with Gasteiger partial charge in [0, 0.05) is 44.0 Å². The highest BCUT2D eigenvalue weighted by Gasteiger charge is 2.55. The fourth-order valence-electron chi connectivity index (χ4n) is 4.30. The predicted molar refractivity (Wildman–Crippen MR) is 117 cm³/mol. The molecule has 0 bridgehead atoms. The molecule has 1 aliphatic heterocycles. The van der Waals surface area contributed by atoms with Crippen molar-refractivity contribution in [3.05, 3.63) is 59.9 Å². The van der Waals surface area contributed by atoms with Gasteiger partial charge in [-0.15, -0.1) is 0 Å². The number of rotatable bonds is 5. The van der Waals surface area contributed by atoms with Crippen molar-refractivity contribution in [3.8, 4) is 17.1 Å². The molecule has 1 amide bonds. The average Bonchev–Trinajstić information content (AvgIpc) is 3.52. The number of ether oxygens (including phenoxy) is 1. The molecule has 0 radical (unpaired) electrons. The van der Waals surface area contributed by atoms with Gasteiger partial charge in [-0.1, -0.05) is 17.3 Å². The lowest BCUT2D eigenvalue weighted by molar-refractivity contribution is -0.138. The Morgan fingerprint density at radius 3 is 2.47 bits per heavy atom. The number of halogens is 3. The highest BCUT2D eigenvalue weighted by atomic mass is 19.4. The monoisotopic (exact) mass is 472 g/mol. The molecule has 0 spiro atoms. The summed E-state index contributed by atoms with van der Waals surface area (Å²) in [6, 6.07) is 11.7. The van der Waals surface area contributed by atoms with Crippen LogP contribution in [0.3, 0.4) is 0 Å². The highest BCUT2D eigenvalue weighted by molar-refractivity contribution is 5.91. The van der Waals surface area contributed by atoms with Gasteiger partial charge in [0.15, 0.2) is 5.76 Å². The normalized spacial score (nSPS) is 17.5. The van der Waals surface area contributed by atoms with Crippen LogP contribution in [0.5, 0.6) is 5.75 Å². The number of benzene rings is 1. The Morgan fingerprint density at radius 1 is 1.09 bits per heavy atom. The van der Waals surface area contributed by atoms with E-state index < -0.39 is 17.2 Å². The largest absolute Gasteiger partial charge is 0.497 e. The van der Waals surface area contributed by atoms with Gasteiger partial charge in [0.1, 0.15) is 11.6 Å². The van der Waals surface area contributed by atoms with Crippen LogP contribution in [0.15, 0.2) is 53.2 Å². The Morgan fingerprint density at radius 2 is 1.85 bits per heavy atom. The third-order valence-corrected chi connectivity index (χ3v) is 6.48. The van der Waals surface area contributed by atoms with Crippen LogP contribution in [-0.4, -0.2) is 54.2 Å². The molecule has 5 rings (SSSR count). The molecule has 1 saturated heterocycles. The maximum atomic E-state index is 13.4. The van der Waals surface area contributed by atoms with E-state index in [0.717, 1.165) is 17.8 Å². The van der Waals surface area contributed by atoms with E-state index in [1.165, 1.54) is 6.07 Å². The number of pyridine rings is 1. The Balaban J connectivity index is 1.25. The number of hydrogen-bond acceptors (Lipinski definition) is 6. The predicted octanol–water partition coefficient (Wildman–Crippen LogP) is 4.14. The molecule has 0 atom stereocenters. The summed E-state index contributed by atoms with van der Waals surface area (Å²) in [5.74, 6) is 1.76. The molecule has 1 aliphatic carbocycles. The number of aromatic nitrogens is 2. The smallest absolute Gasteiger partial charge is 0.417 e. The van der Waals surface area contributed by atoms with Crippen LogP contribution in [0.2, 0.25) is 0 Å². The molecule has 2 fully saturated rings. The fraction of sp³-hybridized carbons (Fsp3) is 0.375. The Labute approximate surface area is 194 Å². The van der Waals surface area contributed by atoms with E-state index in [9.17, 15) is 18.0 Å². The zero-order valence-corrected chi connectivity index (χ0v) is 18.5. The number of hydrogen-bond donors (Lipinski definition) is 0. The van der Waals surface area contributed by atoms with Crippen LogP contribution in [0.1, 0.15) is 24.1 Å². The number of carbonyl (C=O) groups is 1. The number of carbonyl (C=O) groups excluding carboxylic acids is 1. The van der Waals surface area contributed by atoms with Crippen molar-refractivity contribution in [1.82, 2.24) is 15.0 Å². The fourth-order valence-corrected chi connectivity index (χ4v) is 4.30. The van der Waals surface area contributed by atoms with E-state index >= 15 is 0 Å². The molecular formula is C24H23F3N4O3. The van der Waals surface area contributed by atoms with E-state index in [1.54, 1.807) is 12.0 Å². The summed E-state index contributed by atoms with van der Waals surface area (Å²) in [6.07, 6.45) is -2.16. The zero-order valence-electron chi connectivity index (χ0n) is 18.5.